The van der Waals surface area contributed by atoms with Gasteiger partial charge in [0.05, 0.1) is 19.1 Å². The number of rotatable bonds is 6. The van der Waals surface area contributed by atoms with Crippen LogP contribution in [0.1, 0.15) is 30.9 Å². The summed E-state index contributed by atoms with van der Waals surface area (Å²) in [6.45, 7) is 1.12. The van der Waals surface area contributed by atoms with Gasteiger partial charge in [0, 0.05) is 20.0 Å². The van der Waals surface area contributed by atoms with E-state index in [1.165, 1.54) is 0 Å². The molecule has 0 aliphatic carbocycles. The zero-order chi connectivity index (χ0) is 16.8. The summed E-state index contributed by atoms with van der Waals surface area (Å²) < 4.78 is 5.17. The summed E-state index contributed by atoms with van der Waals surface area (Å²) in [5, 5.41) is 2.93. The van der Waals surface area contributed by atoms with Gasteiger partial charge in [-0.25, -0.2) is 0 Å². The van der Waals surface area contributed by atoms with Crippen molar-refractivity contribution in [2.45, 2.75) is 25.3 Å². The van der Waals surface area contributed by atoms with E-state index < -0.39 is 0 Å². The highest BCUT2D eigenvalue weighted by atomic mass is 35.5. The van der Waals surface area contributed by atoms with Gasteiger partial charge in [-0.05, 0) is 37.1 Å². The minimum absolute atomic E-state index is 0. The van der Waals surface area contributed by atoms with Gasteiger partial charge in [0.1, 0.15) is 5.75 Å². The number of hydrogen-bond acceptors (Lipinski definition) is 4. The van der Waals surface area contributed by atoms with E-state index in [2.05, 4.69) is 5.32 Å². The Morgan fingerprint density at radius 3 is 2.62 bits per heavy atom. The van der Waals surface area contributed by atoms with Crippen LogP contribution in [0.3, 0.4) is 0 Å². The predicted octanol–water partition coefficient (Wildman–Crippen LogP) is 1.49. The number of carbonyl (C=O) groups is 2. The molecule has 0 saturated carbocycles. The number of benzene rings is 1. The van der Waals surface area contributed by atoms with Crippen molar-refractivity contribution in [3.63, 3.8) is 0 Å². The SMILES string of the molecule is COc1ccc(C2C(C(=O)NCCCN)CCC(=O)N2C)cc1.Cl. The fourth-order valence-electron chi connectivity index (χ4n) is 3.01. The molecule has 1 aliphatic rings. The summed E-state index contributed by atoms with van der Waals surface area (Å²) in [6, 6.07) is 7.29. The van der Waals surface area contributed by atoms with Crippen LogP contribution in [0.5, 0.6) is 5.75 Å². The summed E-state index contributed by atoms with van der Waals surface area (Å²) in [4.78, 5) is 26.3. The number of amides is 2. The predicted molar refractivity (Wildman–Crippen MR) is 95.2 cm³/mol. The number of nitrogens with two attached hydrogens (primary N) is 1. The number of hydrogen-bond donors (Lipinski definition) is 2. The average molecular weight is 356 g/mol. The second-order valence-corrected chi connectivity index (χ2v) is 5.80. The van der Waals surface area contributed by atoms with E-state index in [4.69, 9.17) is 10.5 Å². The molecule has 7 heteroatoms. The molecule has 0 bridgehead atoms. The third-order valence-corrected chi connectivity index (χ3v) is 4.34. The van der Waals surface area contributed by atoms with Crippen molar-refractivity contribution >= 4 is 24.2 Å². The van der Waals surface area contributed by atoms with Crippen LogP contribution in [0.25, 0.3) is 0 Å². The largest absolute Gasteiger partial charge is 0.497 e. The first-order valence-electron chi connectivity index (χ1n) is 7.96. The monoisotopic (exact) mass is 355 g/mol. The highest BCUT2D eigenvalue weighted by Gasteiger charge is 2.38. The van der Waals surface area contributed by atoms with Crippen LogP contribution in [0.4, 0.5) is 0 Å². The standard InChI is InChI=1S/C17H25N3O3.ClH/c1-20-15(21)9-8-14(17(22)19-11-3-10-18)16(20)12-4-6-13(23-2)7-5-12;/h4-7,14,16H,3,8-11,18H2,1-2H3,(H,19,22);1H. The molecule has 2 amide bonds. The van der Waals surface area contributed by atoms with Gasteiger partial charge in [0.15, 0.2) is 0 Å². The number of methoxy groups -OCH3 is 1. The number of nitrogens with one attached hydrogen (secondary N) is 1. The number of likely N-dealkylation sites (tertiary alicyclic amines) is 1. The van der Waals surface area contributed by atoms with Gasteiger partial charge >= 0.3 is 0 Å². The number of carbonyl (C=O) groups excluding carboxylic acids is 2. The highest BCUT2D eigenvalue weighted by Crippen LogP contribution is 2.36. The van der Waals surface area contributed by atoms with Crippen LogP contribution in [-0.2, 0) is 9.59 Å². The van der Waals surface area contributed by atoms with Gasteiger partial charge in [-0.1, -0.05) is 12.1 Å². The van der Waals surface area contributed by atoms with Crippen LogP contribution < -0.4 is 15.8 Å². The lowest BCUT2D eigenvalue weighted by molar-refractivity contribution is -0.141. The van der Waals surface area contributed by atoms with Gasteiger partial charge in [-0.3, -0.25) is 9.59 Å². The van der Waals surface area contributed by atoms with Gasteiger partial charge in [-0.2, -0.15) is 0 Å². The Kier molecular flexibility index (Phi) is 8.01. The van der Waals surface area contributed by atoms with Crippen molar-refractivity contribution in [3.8, 4) is 5.75 Å². The van der Waals surface area contributed by atoms with Gasteiger partial charge in [-0.15, -0.1) is 12.4 Å². The van der Waals surface area contributed by atoms with Crippen molar-refractivity contribution in [1.29, 1.82) is 0 Å². The van der Waals surface area contributed by atoms with Gasteiger partial charge < -0.3 is 20.7 Å². The van der Waals surface area contributed by atoms with Crippen LogP contribution in [0.15, 0.2) is 24.3 Å². The normalized spacial score (nSPS) is 20.3. The minimum Gasteiger partial charge on any atom is -0.497 e. The molecule has 0 spiro atoms. The van der Waals surface area contributed by atoms with Crippen LogP contribution >= 0.6 is 12.4 Å². The summed E-state index contributed by atoms with van der Waals surface area (Å²) in [6.07, 6.45) is 1.72. The number of piperidine rings is 1. The van der Waals surface area contributed by atoms with E-state index in [-0.39, 0.29) is 36.2 Å². The van der Waals surface area contributed by atoms with Crippen molar-refractivity contribution in [2.24, 2.45) is 11.7 Å². The molecule has 0 aromatic heterocycles. The van der Waals surface area contributed by atoms with Crippen molar-refractivity contribution in [3.05, 3.63) is 29.8 Å². The van der Waals surface area contributed by atoms with E-state index in [1.807, 2.05) is 24.3 Å². The van der Waals surface area contributed by atoms with E-state index in [1.54, 1.807) is 19.1 Å². The van der Waals surface area contributed by atoms with Gasteiger partial charge in [0.25, 0.3) is 0 Å². The first-order chi connectivity index (χ1) is 11.1. The maximum absolute atomic E-state index is 12.5. The first-order valence-corrected chi connectivity index (χ1v) is 7.96. The zero-order valence-electron chi connectivity index (χ0n) is 14.2. The Hall–Kier alpha value is -1.79. The molecule has 1 saturated heterocycles. The van der Waals surface area contributed by atoms with Crippen LogP contribution in [-0.4, -0.2) is 44.0 Å². The molecule has 2 atom stereocenters. The molecule has 134 valence electrons. The minimum atomic E-state index is -0.250. The Balaban J connectivity index is 0.00000288. The van der Waals surface area contributed by atoms with Crippen molar-refractivity contribution < 1.29 is 14.3 Å². The molecule has 0 radical (unpaired) electrons. The van der Waals surface area contributed by atoms with Gasteiger partial charge in [0.2, 0.25) is 11.8 Å². The molecular formula is C17H26ClN3O3. The Morgan fingerprint density at radius 2 is 2.04 bits per heavy atom. The summed E-state index contributed by atoms with van der Waals surface area (Å²) in [5.41, 5.74) is 6.41. The highest BCUT2D eigenvalue weighted by molar-refractivity contribution is 5.85. The second kappa shape index (κ2) is 9.49. The Morgan fingerprint density at radius 1 is 1.38 bits per heavy atom. The Bertz CT molecular complexity index is 551. The molecule has 1 aromatic carbocycles. The Labute approximate surface area is 149 Å². The fraction of sp³-hybridized carbons (Fsp3) is 0.529. The van der Waals surface area contributed by atoms with Crippen LogP contribution in [0, 0.1) is 5.92 Å². The van der Waals surface area contributed by atoms with E-state index >= 15 is 0 Å². The van der Waals surface area contributed by atoms with Crippen molar-refractivity contribution in [2.75, 3.05) is 27.2 Å². The maximum atomic E-state index is 12.5. The van der Waals surface area contributed by atoms with E-state index in [0.29, 0.717) is 25.9 Å². The van der Waals surface area contributed by atoms with Crippen LogP contribution in [0.2, 0.25) is 0 Å². The lowest BCUT2D eigenvalue weighted by Gasteiger charge is -2.38. The molecule has 2 rings (SSSR count). The first kappa shape index (κ1) is 20.3. The lowest BCUT2D eigenvalue weighted by Crippen LogP contribution is -2.46. The topological polar surface area (TPSA) is 84.7 Å². The molecule has 3 N–H and O–H groups in total. The summed E-state index contributed by atoms with van der Waals surface area (Å²) in [5.74, 6) is 0.557. The van der Waals surface area contributed by atoms with Crippen molar-refractivity contribution in [1.82, 2.24) is 10.2 Å². The molecule has 6 nitrogen and oxygen atoms in total. The number of halogens is 1. The average Bonchev–Trinajstić information content (AvgIpc) is 2.57. The quantitative estimate of drug-likeness (QED) is 0.757. The molecule has 2 unspecified atom stereocenters. The summed E-state index contributed by atoms with van der Waals surface area (Å²) in [7, 11) is 3.37. The fourth-order valence-corrected chi connectivity index (χ4v) is 3.01. The second-order valence-electron chi connectivity index (χ2n) is 5.80. The molecular weight excluding hydrogens is 330 g/mol. The molecule has 1 heterocycles. The third-order valence-electron chi connectivity index (χ3n) is 4.34. The number of nitrogens with zero attached hydrogens (tertiary/aromatic N) is 1. The zero-order valence-corrected chi connectivity index (χ0v) is 15.0. The summed E-state index contributed by atoms with van der Waals surface area (Å²) >= 11 is 0. The molecule has 1 aromatic rings. The smallest absolute Gasteiger partial charge is 0.225 e. The molecule has 1 aliphatic heterocycles. The molecule has 1 fully saturated rings. The maximum Gasteiger partial charge on any atom is 0.225 e. The van der Waals surface area contributed by atoms with E-state index in [9.17, 15) is 9.59 Å². The lowest BCUT2D eigenvalue weighted by atomic mass is 9.84. The van der Waals surface area contributed by atoms with E-state index in [0.717, 1.165) is 17.7 Å². The number of ether oxygens (including phenoxy) is 1. The molecule has 24 heavy (non-hydrogen) atoms. The third kappa shape index (κ3) is 4.61.